The lowest BCUT2D eigenvalue weighted by Gasteiger charge is -2.39. The normalized spacial score (nSPS) is 26.2. The van der Waals surface area contributed by atoms with Gasteiger partial charge in [-0.2, -0.15) is 0 Å². The fourth-order valence-electron chi connectivity index (χ4n) is 7.57. The van der Waals surface area contributed by atoms with Crippen LogP contribution in [0.25, 0.3) is 11.1 Å². The van der Waals surface area contributed by atoms with E-state index in [2.05, 4.69) is 5.32 Å². The number of ether oxygens (including phenoxy) is 2. The van der Waals surface area contributed by atoms with Crippen molar-refractivity contribution in [3.8, 4) is 11.5 Å². The van der Waals surface area contributed by atoms with E-state index in [4.69, 9.17) is 9.47 Å². The number of benzene rings is 4. The summed E-state index contributed by atoms with van der Waals surface area (Å²) in [5, 5.41) is 2.61. The van der Waals surface area contributed by atoms with Crippen LogP contribution < -0.4 is 14.8 Å². The molecule has 2 aliphatic carbocycles. The van der Waals surface area contributed by atoms with Crippen molar-refractivity contribution in [2.45, 2.75) is 10.8 Å². The van der Waals surface area contributed by atoms with Gasteiger partial charge in [-0.05, 0) is 57.7 Å². The Balaban J connectivity index is 1.69. The fourth-order valence-corrected chi connectivity index (χ4v) is 7.57. The molecule has 1 saturated carbocycles. The summed E-state index contributed by atoms with van der Waals surface area (Å²) in [4.78, 5) is 43.1. The molecule has 1 saturated heterocycles. The lowest BCUT2D eigenvalue weighted by atomic mass is 9.59. The predicted octanol–water partition coefficient (Wildman–Crippen LogP) is 4.98. The number of carbonyl (C=O) groups is 3. The first kappa shape index (κ1) is 25.0. The number of Topliss-reactive ketones (excluding diaryl/α,β-unsaturated/α-hetero) is 1. The zero-order valence-corrected chi connectivity index (χ0v) is 22.6. The van der Waals surface area contributed by atoms with Gasteiger partial charge in [0, 0.05) is 0 Å². The van der Waals surface area contributed by atoms with Crippen molar-refractivity contribution < 1.29 is 23.9 Å². The van der Waals surface area contributed by atoms with Crippen molar-refractivity contribution in [1.29, 1.82) is 0 Å². The summed E-state index contributed by atoms with van der Waals surface area (Å²) in [6, 6.07) is 34.0. The molecule has 1 heterocycles. The van der Waals surface area contributed by atoms with Crippen LogP contribution >= 0.6 is 0 Å². The van der Waals surface area contributed by atoms with E-state index in [-0.39, 0.29) is 5.78 Å². The molecule has 1 aliphatic heterocycles. The van der Waals surface area contributed by atoms with E-state index in [1.165, 1.54) is 0 Å². The smallest absolute Gasteiger partial charge is 0.232 e. The van der Waals surface area contributed by atoms with Gasteiger partial charge in [0.2, 0.25) is 11.8 Å². The number of allylic oxidation sites excluding steroid dienone is 2. The van der Waals surface area contributed by atoms with Crippen LogP contribution in [-0.2, 0) is 25.2 Å². The molecule has 4 aromatic carbocycles. The maximum Gasteiger partial charge on any atom is 0.232 e. The van der Waals surface area contributed by atoms with E-state index in [1.807, 2.05) is 109 Å². The molecule has 7 rings (SSSR count). The summed E-state index contributed by atoms with van der Waals surface area (Å²) in [6.07, 6.45) is 0. The van der Waals surface area contributed by atoms with Crippen LogP contribution in [0.3, 0.4) is 0 Å². The Hall–Kier alpha value is -4.97. The van der Waals surface area contributed by atoms with E-state index in [0.717, 1.165) is 22.3 Å². The lowest BCUT2D eigenvalue weighted by Crippen LogP contribution is -2.44. The minimum absolute atomic E-state index is 0.155. The molecule has 0 aromatic heterocycles. The molecule has 0 radical (unpaired) electrons. The second-order valence-electron chi connectivity index (χ2n) is 10.7. The summed E-state index contributed by atoms with van der Waals surface area (Å²) in [7, 11) is 3.21. The number of rotatable bonds is 6. The zero-order valence-electron chi connectivity index (χ0n) is 22.6. The van der Waals surface area contributed by atoms with Gasteiger partial charge in [0.15, 0.2) is 5.78 Å². The Labute approximate surface area is 237 Å². The van der Waals surface area contributed by atoms with Crippen molar-refractivity contribution >= 4 is 28.7 Å². The van der Waals surface area contributed by atoms with Crippen LogP contribution in [0.4, 0.5) is 0 Å². The highest BCUT2D eigenvalue weighted by Crippen LogP contribution is 2.73. The number of hydrogen-bond donors (Lipinski definition) is 1. The van der Waals surface area contributed by atoms with Crippen LogP contribution in [0.15, 0.2) is 109 Å². The second-order valence-corrected chi connectivity index (χ2v) is 10.7. The van der Waals surface area contributed by atoms with Crippen molar-refractivity contribution in [1.82, 2.24) is 5.32 Å². The van der Waals surface area contributed by atoms with Crippen LogP contribution in [0, 0.1) is 11.8 Å². The monoisotopic (exact) mass is 541 g/mol. The first-order valence-electron chi connectivity index (χ1n) is 13.5. The minimum atomic E-state index is -1.40. The summed E-state index contributed by atoms with van der Waals surface area (Å²) >= 11 is 0. The molecule has 1 N–H and O–H groups in total. The number of amides is 2. The molecule has 202 valence electrons. The van der Waals surface area contributed by atoms with Gasteiger partial charge in [0.1, 0.15) is 11.5 Å². The summed E-state index contributed by atoms with van der Waals surface area (Å²) in [6.45, 7) is 0. The second kappa shape index (κ2) is 9.03. The molecule has 2 bridgehead atoms. The number of hydrogen-bond acceptors (Lipinski definition) is 5. The van der Waals surface area contributed by atoms with Gasteiger partial charge in [0.25, 0.3) is 0 Å². The van der Waals surface area contributed by atoms with Crippen molar-refractivity contribution in [2.75, 3.05) is 14.2 Å². The third-order valence-electron chi connectivity index (χ3n) is 9.05. The molecular weight excluding hydrogens is 514 g/mol. The Kier molecular flexibility index (Phi) is 5.51. The number of nitrogens with one attached hydrogen (secondary N) is 1. The maximum atomic E-state index is 15.5. The molecule has 0 spiro atoms. The third kappa shape index (κ3) is 3.10. The number of ketones is 1. The van der Waals surface area contributed by atoms with Gasteiger partial charge in [-0.1, -0.05) is 84.9 Å². The average Bonchev–Trinajstić information content (AvgIpc) is 3.56. The summed E-state index contributed by atoms with van der Waals surface area (Å²) < 4.78 is 10.9. The molecule has 4 aromatic rings. The standard InChI is InChI=1S/C35H27NO5/c1-40-25-17-13-21(14-18-25)27-28(22-15-19-26(41-2)20-16-22)35(24-11-7-4-8-12-24)30-29(31(37)36-32(30)38)34(27,33(35)39)23-9-5-3-6-10-23/h3-20,29-30H,1-2H3,(H,36,37,38)/t29-,30-,34-,35-/m0/s1. The SMILES string of the molecule is COc1ccc(C2=C(c3ccc(OC)cc3)[C@]3(c4ccccc4)C(=O)[C@]2(c2ccccc2)[C@@H]2C(=O)NC(=O)[C@H]23)cc1. The van der Waals surface area contributed by atoms with Gasteiger partial charge < -0.3 is 9.47 Å². The highest BCUT2D eigenvalue weighted by molar-refractivity contribution is 6.35. The van der Waals surface area contributed by atoms with Crippen LogP contribution in [-0.4, -0.2) is 31.8 Å². The molecule has 2 amide bonds. The number of imide groups is 1. The van der Waals surface area contributed by atoms with E-state index in [9.17, 15) is 9.59 Å². The topological polar surface area (TPSA) is 81.7 Å². The van der Waals surface area contributed by atoms with Crippen LogP contribution in [0.1, 0.15) is 22.3 Å². The molecular formula is C35H27NO5. The molecule has 6 nitrogen and oxygen atoms in total. The predicted molar refractivity (Wildman–Crippen MR) is 154 cm³/mol. The number of carbonyl (C=O) groups excluding carboxylic acids is 3. The Morgan fingerprint density at radius 3 is 1.24 bits per heavy atom. The van der Waals surface area contributed by atoms with Crippen LogP contribution in [0.5, 0.6) is 11.5 Å². The minimum Gasteiger partial charge on any atom is -0.497 e. The first-order chi connectivity index (χ1) is 20.0. The maximum absolute atomic E-state index is 15.5. The van der Waals surface area contributed by atoms with Gasteiger partial charge in [-0.25, -0.2) is 0 Å². The van der Waals surface area contributed by atoms with Gasteiger partial charge in [-0.3, -0.25) is 19.7 Å². The number of methoxy groups -OCH3 is 2. The highest BCUT2D eigenvalue weighted by Gasteiger charge is 2.81. The quantitative estimate of drug-likeness (QED) is 0.349. The molecule has 0 unspecified atom stereocenters. The van der Waals surface area contributed by atoms with Crippen molar-refractivity contribution in [2.24, 2.45) is 11.8 Å². The van der Waals surface area contributed by atoms with Gasteiger partial charge in [0.05, 0.1) is 36.9 Å². The van der Waals surface area contributed by atoms with E-state index >= 15 is 4.79 Å². The largest absolute Gasteiger partial charge is 0.497 e. The fraction of sp³-hybridized carbons (Fsp3) is 0.171. The van der Waals surface area contributed by atoms with Crippen molar-refractivity contribution in [3.63, 3.8) is 0 Å². The highest BCUT2D eigenvalue weighted by atomic mass is 16.5. The average molecular weight is 542 g/mol. The first-order valence-corrected chi connectivity index (χ1v) is 13.5. The molecule has 2 fully saturated rings. The van der Waals surface area contributed by atoms with Gasteiger partial charge in [-0.15, -0.1) is 0 Å². The van der Waals surface area contributed by atoms with E-state index in [0.29, 0.717) is 22.6 Å². The molecule has 6 heteroatoms. The molecule has 4 atom stereocenters. The van der Waals surface area contributed by atoms with E-state index < -0.39 is 34.5 Å². The summed E-state index contributed by atoms with van der Waals surface area (Å²) in [5.74, 6) is -1.48. The van der Waals surface area contributed by atoms with Crippen molar-refractivity contribution in [3.05, 3.63) is 131 Å². The molecule has 3 aliphatic rings. The Morgan fingerprint density at radius 2 is 0.902 bits per heavy atom. The van der Waals surface area contributed by atoms with Gasteiger partial charge >= 0.3 is 0 Å². The van der Waals surface area contributed by atoms with E-state index in [1.54, 1.807) is 14.2 Å². The Bertz CT molecular complexity index is 1600. The third-order valence-corrected chi connectivity index (χ3v) is 9.05. The molecule has 41 heavy (non-hydrogen) atoms. The number of fused-ring (bicyclic) bond motifs is 5. The lowest BCUT2D eigenvalue weighted by molar-refractivity contribution is -0.132. The Morgan fingerprint density at radius 1 is 0.537 bits per heavy atom. The summed E-state index contributed by atoms with van der Waals surface area (Å²) in [5.41, 5.74) is 1.63. The van der Waals surface area contributed by atoms with Crippen LogP contribution in [0.2, 0.25) is 0 Å². The zero-order chi connectivity index (χ0) is 28.4.